The molecule has 5 saturated carbocycles. The predicted octanol–water partition coefficient (Wildman–Crippen LogP) is 5.26. The van der Waals surface area contributed by atoms with Crippen LogP contribution in [-0.4, -0.2) is 46.2 Å². The fourth-order valence-corrected chi connectivity index (χ4v) is 11.3. The summed E-state index contributed by atoms with van der Waals surface area (Å²) in [4.78, 5) is 11.8. The summed E-state index contributed by atoms with van der Waals surface area (Å²) in [5.74, 6) is 2.37. The van der Waals surface area contributed by atoms with Gasteiger partial charge in [-0.05, 0) is 123 Å². The number of ether oxygens (including phenoxy) is 2. The molecule has 35 heavy (non-hydrogen) atoms. The largest absolute Gasteiger partial charge is 0.457 e. The highest BCUT2D eigenvalue weighted by Gasteiger charge is 2.80. The summed E-state index contributed by atoms with van der Waals surface area (Å²) in [7, 11) is 0. The lowest BCUT2D eigenvalue weighted by atomic mass is 9.46. The molecule has 0 aromatic carbocycles. The molecular formula is C30H48O5. The predicted molar refractivity (Wildman–Crippen MR) is 133 cm³/mol. The third-order valence-corrected chi connectivity index (χ3v) is 12.9. The molecular weight excluding hydrogens is 440 g/mol. The molecule has 1 aliphatic heterocycles. The second kappa shape index (κ2) is 7.47. The number of esters is 1. The van der Waals surface area contributed by atoms with E-state index < -0.39 is 11.7 Å². The molecule has 0 aromatic heterocycles. The summed E-state index contributed by atoms with van der Waals surface area (Å²) in [6.45, 7) is 12.1. The number of carbonyl (C=O) groups excluding carboxylic acids is 1. The van der Waals surface area contributed by atoms with Gasteiger partial charge in [-0.15, -0.1) is 0 Å². The number of rotatable bonds is 3. The Morgan fingerprint density at radius 2 is 1.69 bits per heavy atom. The van der Waals surface area contributed by atoms with Crippen LogP contribution in [-0.2, 0) is 14.3 Å². The Morgan fingerprint density at radius 1 is 0.971 bits per heavy atom. The SMILES string of the molecule is CC(=O)O[C@@H](C1CCC2C(CC3C4CCC5C(C)(C)[C@@H](O)CC[C@@]56C[C@@]46CC[C@]23C)O1)C(C)(C)O. The summed E-state index contributed by atoms with van der Waals surface area (Å²) in [6.07, 6.45) is 11.1. The minimum absolute atomic E-state index is 0.0380. The van der Waals surface area contributed by atoms with Crippen molar-refractivity contribution in [3.63, 3.8) is 0 Å². The summed E-state index contributed by atoms with van der Waals surface area (Å²) in [6, 6.07) is 0. The topological polar surface area (TPSA) is 76.0 Å². The van der Waals surface area contributed by atoms with Crippen LogP contribution in [0.4, 0.5) is 0 Å². The zero-order valence-electron chi connectivity index (χ0n) is 22.8. The maximum atomic E-state index is 11.8. The first kappa shape index (κ1) is 24.7. The van der Waals surface area contributed by atoms with Crippen molar-refractivity contribution in [2.45, 2.75) is 136 Å². The Morgan fingerprint density at radius 3 is 2.37 bits per heavy atom. The van der Waals surface area contributed by atoms with Gasteiger partial charge in [0, 0.05) is 6.92 Å². The molecule has 6 rings (SSSR count). The van der Waals surface area contributed by atoms with Gasteiger partial charge in [-0.1, -0.05) is 20.8 Å². The van der Waals surface area contributed by atoms with Crippen LogP contribution in [0.5, 0.6) is 0 Å². The smallest absolute Gasteiger partial charge is 0.303 e. The number of aliphatic hydroxyl groups excluding tert-OH is 1. The standard InChI is InChI=1S/C30H48O5/c1-17(31)34-25(27(4,5)33)21-9-7-19-22(35-21)15-20-18-8-10-23-26(2,3)24(32)11-12-30(23)16-29(18,30)14-13-28(19,20)6/h18-25,32-33H,7-16H2,1-6H3/t18?,19?,20?,21?,22?,23?,24-,25-,28+,29-,30+/m0/s1. The zero-order chi connectivity index (χ0) is 25.2. The van der Waals surface area contributed by atoms with E-state index in [1.807, 2.05) is 0 Å². The van der Waals surface area contributed by atoms with Crippen LogP contribution >= 0.6 is 0 Å². The summed E-state index contributed by atoms with van der Waals surface area (Å²) in [5.41, 5.74) is 0.212. The maximum Gasteiger partial charge on any atom is 0.303 e. The Hall–Kier alpha value is -0.650. The van der Waals surface area contributed by atoms with Crippen LogP contribution in [0.15, 0.2) is 0 Å². The van der Waals surface area contributed by atoms with Crippen molar-refractivity contribution < 1.29 is 24.5 Å². The Bertz CT molecular complexity index is 892. The molecule has 6 unspecified atom stereocenters. The lowest BCUT2D eigenvalue weighted by molar-refractivity contribution is -0.200. The number of fused-ring (bicyclic) bond motifs is 4. The first-order chi connectivity index (χ1) is 16.3. The second-order valence-corrected chi connectivity index (χ2v) is 15.0. The van der Waals surface area contributed by atoms with Gasteiger partial charge in [0.05, 0.1) is 23.9 Å². The third kappa shape index (κ3) is 3.19. The van der Waals surface area contributed by atoms with E-state index >= 15 is 0 Å². The van der Waals surface area contributed by atoms with E-state index in [4.69, 9.17) is 9.47 Å². The van der Waals surface area contributed by atoms with Gasteiger partial charge in [-0.3, -0.25) is 4.79 Å². The van der Waals surface area contributed by atoms with Crippen LogP contribution < -0.4 is 0 Å². The van der Waals surface area contributed by atoms with E-state index in [0.29, 0.717) is 34.0 Å². The molecule has 198 valence electrons. The quantitative estimate of drug-likeness (QED) is 0.530. The molecule has 2 spiro atoms. The fraction of sp³-hybridized carbons (Fsp3) is 0.967. The Kier molecular flexibility index (Phi) is 5.27. The number of hydrogen-bond acceptors (Lipinski definition) is 5. The van der Waals surface area contributed by atoms with E-state index in [9.17, 15) is 15.0 Å². The van der Waals surface area contributed by atoms with Gasteiger partial charge in [0.25, 0.3) is 0 Å². The normalized spacial score (nSPS) is 52.7. The van der Waals surface area contributed by atoms with E-state index in [1.165, 1.54) is 45.4 Å². The van der Waals surface area contributed by atoms with Gasteiger partial charge < -0.3 is 19.7 Å². The monoisotopic (exact) mass is 488 g/mol. The zero-order valence-corrected chi connectivity index (χ0v) is 22.8. The highest BCUT2D eigenvalue weighted by Crippen LogP contribution is 2.87. The van der Waals surface area contributed by atoms with Gasteiger partial charge in [0.2, 0.25) is 0 Å². The Balaban J connectivity index is 1.24. The molecule has 6 fully saturated rings. The van der Waals surface area contributed by atoms with Gasteiger partial charge in [-0.2, -0.15) is 0 Å². The van der Waals surface area contributed by atoms with Crippen molar-refractivity contribution in [2.75, 3.05) is 0 Å². The van der Waals surface area contributed by atoms with Crippen LogP contribution in [0.25, 0.3) is 0 Å². The lowest BCUT2D eigenvalue weighted by Gasteiger charge is -2.59. The highest BCUT2D eigenvalue weighted by atomic mass is 16.6. The summed E-state index contributed by atoms with van der Waals surface area (Å²) in [5, 5.41) is 21.6. The first-order valence-corrected chi connectivity index (χ1v) is 14.5. The molecule has 5 heteroatoms. The minimum Gasteiger partial charge on any atom is -0.457 e. The molecule has 6 aliphatic rings. The maximum absolute atomic E-state index is 11.8. The van der Waals surface area contributed by atoms with Crippen LogP contribution in [0.3, 0.4) is 0 Å². The van der Waals surface area contributed by atoms with Gasteiger partial charge in [0.15, 0.2) is 6.10 Å². The molecule has 2 N–H and O–H groups in total. The van der Waals surface area contributed by atoms with Crippen molar-refractivity contribution in [1.82, 2.24) is 0 Å². The van der Waals surface area contributed by atoms with Gasteiger partial charge >= 0.3 is 5.97 Å². The average Bonchev–Trinajstić information content (AvgIpc) is 3.34. The van der Waals surface area contributed by atoms with Crippen molar-refractivity contribution in [2.24, 2.45) is 45.3 Å². The molecule has 0 bridgehead atoms. The van der Waals surface area contributed by atoms with Crippen LogP contribution in [0, 0.1) is 45.3 Å². The van der Waals surface area contributed by atoms with E-state index in [0.717, 1.165) is 31.6 Å². The van der Waals surface area contributed by atoms with Crippen LogP contribution in [0.2, 0.25) is 0 Å². The third-order valence-electron chi connectivity index (χ3n) is 12.9. The molecule has 5 nitrogen and oxygen atoms in total. The van der Waals surface area contributed by atoms with Gasteiger partial charge in [0.1, 0.15) is 0 Å². The molecule has 0 radical (unpaired) electrons. The van der Waals surface area contributed by atoms with Crippen molar-refractivity contribution in [3.8, 4) is 0 Å². The van der Waals surface area contributed by atoms with E-state index in [1.54, 1.807) is 13.8 Å². The molecule has 0 aromatic rings. The van der Waals surface area contributed by atoms with E-state index in [-0.39, 0.29) is 29.7 Å². The molecule has 11 atom stereocenters. The van der Waals surface area contributed by atoms with Crippen LogP contribution in [0.1, 0.15) is 106 Å². The van der Waals surface area contributed by atoms with Crippen molar-refractivity contribution >= 4 is 5.97 Å². The number of aliphatic hydroxyl groups is 2. The first-order valence-electron chi connectivity index (χ1n) is 14.5. The van der Waals surface area contributed by atoms with Gasteiger partial charge in [-0.25, -0.2) is 0 Å². The molecule has 1 heterocycles. The summed E-state index contributed by atoms with van der Waals surface area (Å²) < 4.78 is 12.4. The summed E-state index contributed by atoms with van der Waals surface area (Å²) >= 11 is 0. The number of carbonyl (C=O) groups is 1. The highest BCUT2D eigenvalue weighted by molar-refractivity contribution is 5.66. The Labute approximate surface area is 211 Å². The van der Waals surface area contributed by atoms with E-state index in [2.05, 4.69) is 20.8 Å². The fourth-order valence-electron chi connectivity index (χ4n) is 11.3. The molecule has 5 aliphatic carbocycles. The minimum atomic E-state index is -1.13. The van der Waals surface area contributed by atoms with Crippen molar-refractivity contribution in [3.05, 3.63) is 0 Å². The lowest BCUT2D eigenvalue weighted by Crippen LogP contribution is -2.54. The van der Waals surface area contributed by atoms with Crippen molar-refractivity contribution in [1.29, 1.82) is 0 Å². The average molecular weight is 489 g/mol. The molecule has 1 saturated heterocycles. The molecule has 0 amide bonds. The number of hydrogen-bond donors (Lipinski definition) is 2. The second-order valence-electron chi connectivity index (χ2n) is 15.0.